The number of carboxylic acid groups (broad SMARTS) is 1. The fourth-order valence-electron chi connectivity index (χ4n) is 2.68. The van der Waals surface area contributed by atoms with E-state index in [9.17, 15) is 9.90 Å². The number of aromatic nitrogens is 1. The summed E-state index contributed by atoms with van der Waals surface area (Å²) in [7, 11) is 0. The number of carboxylic acids is 1. The third-order valence-electron chi connectivity index (χ3n) is 3.79. The van der Waals surface area contributed by atoms with Crippen LogP contribution in [0, 0.1) is 11.8 Å². The van der Waals surface area contributed by atoms with Gasteiger partial charge >= 0.3 is 5.97 Å². The molecule has 0 saturated carbocycles. The first-order valence-corrected chi connectivity index (χ1v) is 8.64. The molecule has 2 unspecified atom stereocenters. The van der Waals surface area contributed by atoms with Crippen LogP contribution in [-0.4, -0.2) is 38.0 Å². The van der Waals surface area contributed by atoms with Gasteiger partial charge in [0.05, 0.1) is 9.88 Å². The second kappa shape index (κ2) is 5.10. The molecule has 0 radical (unpaired) electrons. The van der Waals surface area contributed by atoms with E-state index in [4.69, 9.17) is 5.11 Å². The highest BCUT2D eigenvalue weighted by Gasteiger charge is 2.27. The zero-order valence-corrected chi connectivity index (χ0v) is 13.0. The summed E-state index contributed by atoms with van der Waals surface area (Å²) >= 11 is 2.97. The van der Waals surface area contributed by atoms with Crippen LogP contribution < -0.4 is 9.88 Å². The fourth-order valence-corrected chi connectivity index (χ4v) is 4.82. The second-order valence-electron chi connectivity index (χ2n) is 5.31. The summed E-state index contributed by atoms with van der Waals surface area (Å²) in [6, 6.07) is -0.667. The van der Waals surface area contributed by atoms with Gasteiger partial charge in [0.1, 0.15) is 15.8 Å². The number of nitrogens with zero attached hydrogens (tertiary/aromatic N) is 2. The van der Waals surface area contributed by atoms with E-state index in [0.717, 1.165) is 14.9 Å². The maximum atomic E-state index is 11.0. The van der Waals surface area contributed by atoms with Crippen LogP contribution in [0.3, 0.4) is 0 Å². The Labute approximate surface area is 134 Å². The normalized spacial score (nSPS) is 28.8. The van der Waals surface area contributed by atoms with Crippen molar-refractivity contribution in [3.05, 3.63) is 38.9 Å². The summed E-state index contributed by atoms with van der Waals surface area (Å²) in [4.78, 5) is 19.8. The molecule has 5 nitrogen and oxygen atoms in total. The third-order valence-corrected chi connectivity index (χ3v) is 6.02. The number of hydrogen-bond donors (Lipinski definition) is 2. The first-order valence-electron chi connectivity index (χ1n) is 6.83. The Morgan fingerprint density at radius 1 is 1.27 bits per heavy atom. The molecule has 2 aliphatic carbocycles. The van der Waals surface area contributed by atoms with Gasteiger partial charge in [-0.1, -0.05) is 12.2 Å². The van der Waals surface area contributed by atoms with Gasteiger partial charge in [-0.05, 0) is 18.2 Å². The Morgan fingerprint density at radius 2 is 2.14 bits per heavy atom. The van der Waals surface area contributed by atoms with Gasteiger partial charge in [-0.15, -0.1) is 23.1 Å². The molecule has 2 N–H and O–H groups in total. The number of rotatable bonds is 2. The average molecular weight is 332 g/mol. The van der Waals surface area contributed by atoms with Crippen LogP contribution in [0.4, 0.5) is 0 Å². The van der Waals surface area contributed by atoms with Crippen molar-refractivity contribution in [2.24, 2.45) is 16.8 Å². The molecule has 0 saturated heterocycles. The topological polar surface area (TPSA) is 82.8 Å². The molecule has 1 aliphatic heterocycles. The molecule has 1 aromatic rings. The summed E-state index contributed by atoms with van der Waals surface area (Å²) in [5.41, 5.74) is 0. The number of fused-ring (bicyclic) bond motifs is 2. The van der Waals surface area contributed by atoms with E-state index in [1.807, 2.05) is 12.2 Å². The predicted molar refractivity (Wildman–Crippen MR) is 87.5 cm³/mol. The summed E-state index contributed by atoms with van der Waals surface area (Å²) in [6.07, 6.45) is 9.72. The number of hydrogen-bond acceptors (Lipinski definition) is 6. The van der Waals surface area contributed by atoms with Gasteiger partial charge in [0.2, 0.25) is 0 Å². The highest BCUT2D eigenvalue weighted by atomic mass is 32.2. The first kappa shape index (κ1) is 13.8. The van der Waals surface area contributed by atoms with E-state index >= 15 is 0 Å². The van der Waals surface area contributed by atoms with Gasteiger partial charge in [-0.2, -0.15) is 0 Å². The van der Waals surface area contributed by atoms with E-state index in [1.165, 1.54) is 23.1 Å². The highest BCUT2D eigenvalue weighted by Crippen LogP contribution is 2.27. The number of allylic oxidation sites excluding steroid dienone is 3. The average Bonchev–Trinajstić information content (AvgIpc) is 3.11. The maximum Gasteiger partial charge on any atom is 0.329 e. The van der Waals surface area contributed by atoms with Crippen molar-refractivity contribution in [3.63, 3.8) is 0 Å². The molecule has 0 bridgehead atoms. The van der Waals surface area contributed by atoms with Crippen molar-refractivity contribution in [1.82, 2.24) is 4.98 Å². The van der Waals surface area contributed by atoms with Crippen molar-refractivity contribution < 1.29 is 15.0 Å². The molecule has 4 rings (SSSR count). The lowest BCUT2D eigenvalue weighted by atomic mass is 9.85. The van der Waals surface area contributed by atoms with Crippen LogP contribution >= 0.6 is 23.1 Å². The van der Waals surface area contributed by atoms with Crippen LogP contribution in [0.5, 0.6) is 0 Å². The number of aliphatic hydroxyl groups excluding tert-OH is 1. The molecule has 0 aromatic carbocycles. The van der Waals surface area contributed by atoms with Crippen molar-refractivity contribution in [3.8, 4) is 0 Å². The second-order valence-corrected chi connectivity index (χ2v) is 7.35. The summed E-state index contributed by atoms with van der Waals surface area (Å²) in [5.74, 6) is 0.226. The monoisotopic (exact) mass is 332 g/mol. The lowest BCUT2D eigenvalue weighted by molar-refractivity contribution is -0.137. The molecule has 2 heterocycles. The molecule has 0 amide bonds. The number of aliphatic carboxylic acids is 1. The summed E-state index contributed by atoms with van der Waals surface area (Å²) < 4.78 is 1.05. The van der Waals surface area contributed by atoms with Crippen LogP contribution in [0.1, 0.15) is 5.01 Å². The Kier molecular flexibility index (Phi) is 3.19. The van der Waals surface area contributed by atoms with Gasteiger partial charge in [-0.25, -0.2) is 9.78 Å². The van der Waals surface area contributed by atoms with E-state index in [-0.39, 0.29) is 11.8 Å². The minimum Gasteiger partial charge on any atom is -0.508 e. The molecule has 3 aliphatic rings. The molecule has 112 valence electrons. The van der Waals surface area contributed by atoms with Crippen LogP contribution in [-0.2, 0) is 4.79 Å². The number of carbonyl (C=O) groups is 1. The van der Waals surface area contributed by atoms with E-state index in [0.29, 0.717) is 16.6 Å². The predicted octanol–water partition coefficient (Wildman–Crippen LogP) is 0.908. The molecule has 0 fully saturated rings. The Hall–Kier alpha value is -1.86. The molecule has 0 spiro atoms. The standard InChI is InChI=1S/C15H12N2O3S2/c18-9-2-1-7-4-10-12(5-8(7)3-9)22-14(16-10)13-17-11(6-21-13)15(19)20/h1-5,7-8,11,18H,6H2,(H,19,20)/t7?,8?,11-/m1/s1. The molecular formula is C15H12N2O3S2. The molecule has 22 heavy (non-hydrogen) atoms. The van der Waals surface area contributed by atoms with Crippen molar-refractivity contribution in [2.75, 3.05) is 5.75 Å². The van der Waals surface area contributed by atoms with Crippen molar-refractivity contribution >= 4 is 46.3 Å². The number of aliphatic hydroxyl groups is 1. The van der Waals surface area contributed by atoms with E-state index in [1.54, 1.807) is 6.08 Å². The Morgan fingerprint density at radius 3 is 2.91 bits per heavy atom. The number of aliphatic imine (C=N–C) groups is 1. The van der Waals surface area contributed by atoms with E-state index < -0.39 is 12.0 Å². The highest BCUT2D eigenvalue weighted by molar-refractivity contribution is 8.15. The molecular weight excluding hydrogens is 320 g/mol. The zero-order valence-electron chi connectivity index (χ0n) is 11.3. The fraction of sp³-hybridized carbons (Fsp3) is 0.267. The molecule has 7 heteroatoms. The van der Waals surface area contributed by atoms with Gasteiger partial charge in [0.25, 0.3) is 0 Å². The molecule has 1 aromatic heterocycles. The largest absolute Gasteiger partial charge is 0.508 e. The van der Waals surface area contributed by atoms with Gasteiger partial charge < -0.3 is 10.2 Å². The lowest BCUT2D eigenvalue weighted by Gasteiger charge is -2.20. The van der Waals surface area contributed by atoms with E-state index in [2.05, 4.69) is 22.1 Å². The number of thiazole rings is 1. The maximum absolute atomic E-state index is 11.0. The van der Waals surface area contributed by atoms with Gasteiger partial charge in [-0.3, -0.25) is 4.99 Å². The Bertz CT molecular complexity index is 866. The van der Waals surface area contributed by atoms with Crippen LogP contribution in [0.15, 0.2) is 29.0 Å². The zero-order chi connectivity index (χ0) is 15.3. The SMILES string of the molecule is O=C(O)[C@H]1CSC(c2nc3c(s2)=CC2C=C(O)C=CC2C=3)=N1. The van der Waals surface area contributed by atoms with Crippen molar-refractivity contribution in [1.29, 1.82) is 0 Å². The third kappa shape index (κ3) is 2.30. The van der Waals surface area contributed by atoms with Gasteiger partial charge in [0, 0.05) is 17.6 Å². The quantitative estimate of drug-likeness (QED) is 0.841. The smallest absolute Gasteiger partial charge is 0.329 e. The first-order chi connectivity index (χ1) is 10.6. The number of thioether (sulfide) groups is 1. The summed E-state index contributed by atoms with van der Waals surface area (Å²) in [5, 5.41) is 21.0. The lowest BCUT2D eigenvalue weighted by Crippen LogP contribution is -2.30. The summed E-state index contributed by atoms with van der Waals surface area (Å²) in [6.45, 7) is 0. The minimum absolute atomic E-state index is 0.149. The van der Waals surface area contributed by atoms with Crippen LogP contribution in [0.25, 0.3) is 12.2 Å². The van der Waals surface area contributed by atoms with Crippen molar-refractivity contribution in [2.45, 2.75) is 6.04 Å². The Balaban J connectivity index is 1.74. The molecule has 3 atom stereocenters. The van der Waals surface area contributed by atoms with Crippen LogP contribution in [0.2, 0.25) is 0 Å². The minimum atomic E-state index is -0.890. The van der Waals surface area contributed by atoms with Gasteiger partial charge in [0.15, 0.2) is 6.04 Å².